The number of carbonyl (C=O) groups excluding carboxylic acids is 1. The number of rotatable bonds is 6. The average molecular weight is 323 g/mol. The monoisotopic (exact) mass is 323 g/mol. The maximum absolute atomic E-state index is 13.5. The fraction of sp³-hybridized carbons (Fsp3) is 0.333. The largest absolute Gasteiger partial charge is 0.386 e. The molecule has 0 bridgehead atoms. The van der Waals surface area contributed by atoms with Gasteiger partial charge in [0.05, 0.1) is 16.8 Å². The van der Waals surface area contributed by atoms with Gasteiger partial charge in [0.1, 0.15) is 5.82 Å². The van der Waals surface area contributed by atoms with Gasteiger partial charge in [-0.25, -0.2) is 14.2 Å². The van der Waals surface area contributed by atoms with Crippen LogP contribution in [-0.4, -0.2) is 29.2 Å². The zero-order valence-corrected chi connectivity index (χ0v) is 13.0. The molecule has 0 saturated carbocycles. The van der Waals surface area contributed by atoms with E-state index < -0.39 is 18.0 Å². The maximum atomic E-state index is 13.5. The topological polar surface area (TPSA) is 74.2 Å². The Morgan fingerprint density at radius 3 is 2.86 bits per heavy atom. The molecule has 0 radical (unpaired) electrons. The van der Waals surface area contributed by atoms with Crippen molar-refractivity contribution >= 4 is 17.4 Å². The number of aromatic nitrogens is 1. The van der Waals surface area contributed by atoms with Gasteiger partial charge in [-0.3, -0.25) is 0 Å². The normalized spacial score (nSPS) is 12.0. The van der Waals surface area contributed by atoms with Crippen LogP contribution in [0.15, 0.2) is 29.6 Å². The highest BCUT2D eigenvalue weighted by atomic mass is 32.1. The molecule has 22 heavy (non-hydrogen) atoms. The van der Waals surface area contributed by atoms with Crippen molar-refractivity contribution in [3.63, 3.8) is 0 Å². The third kappa shape index (κ3) is 4.78. The minimum Gasteiger partial charge on any atom is -0.386 e. The molecule has 1 atom stereocenters. The first-order valence-corrected chi connectivity index (χ1v) is 7.79. The van der Waals surface area contributed by atoms with Crippen LogP contribution in [0.3, 0.4) is 0 Å². The van der Waals surface area contributed by atoms with Crippen molar-refractivity contribution in [2.24, 2.45) is 0 Å². The van der Waals surface area contributed by atoms with E-state index in [1.54, 1.807) is 23.5 Å². The van der Waals surface area contributed by atoms with Crippen LogP contribution < -0.4 is 10.6 Å². The van der Waals surface area contributed by atoms with E-state index in [0.717, 1.165) is 10.7 Å². The van der Waals surface area contributed by atoms with Gasteiger partial charge in [0.15, 0.2) is 0 Å². The van der Waals surface area contributed by atoms with Gasteiger partial charge in [0.25, 0.3) is 0 Å². The number of amides is 2. The third-order valence-electron chi connectivity index (χ3n) is 3.05. The molecule has 0 saturated heterocycles. The van der Waals surface area contributed by atoms with E-state index in [4.69, 9.17) is 0 Å². The number of halogens is 1. The molecular weight excluding hydrogens is 305 g/mol. The second kappa shape index (κ2) is 7.86. The number of benzene rings is 1. The molecule has 0 aliphatic heterocycles. The van der Waals surface area contributed by atoms with E-state index in [2.05, 4.69) is 15.6 Å². The van der Waals surface area contributed by atoms with Crippen LogP contribution in [0.1, 0.15) is 22.4 Å². The van der Waals surface area contributed by atoms with Gasteiger partial charge in [0.2, 0.25) is 0 Å². The third-order valence-corrected chi connectivity index (χ3v) is 3.88. The van der Waals surface area contributed by atoms with Crippen LogP contribution in [0.2, 0.25) is 0 Å². The highest BCUT2D eigenvalue weighted by molar-refractivity contribution is 7.09. The Kier molecular flexibility index (Phi) is 5.85. The predicted molar refractivity (Wildman–Crippen MR) is 83.3 cm³/mol. The number of aliphatic hydroxyl groups excluding tert-OH is 1. The molecular formula is C15H18FN3O2S. The van der Waals surface area contributed by atoms with Crippen molar-refractivity contribution in [2.45, 2.75) is 19.4 Å². The average Bonchev–Trinajstić information content (AvgIpc) is 2.91. The number of nitrogens with one attached hydrogen (secondary N) is 2. The molecule has 1 aromatic heterocycles. The minimum atomic E-state index is -1.08. The summed E-state index contributed by atoms with van der Waals surface area (Å²) in [5.41, 5.74) is 1.11. The lowest BCUT2D eigenvalue weighted by Gasteiger charge is -2.13. The van der Waals surface area contributed by atoms with Crippen LogP contribution in [-0.2, 0) is 6.42 Å². The van der Waals surface area contributed by atoms with Gasteiger partial charge in [0, 0.05) is 30.5 Å². The van der Waals surface area contributed by atoms with Gasteiger partial charge >= 0.3 is 6.03 Å². The van der Waals surface area contributed by atoms with Gasteiger partial charge < -0.3 is 15.7 Å². The molecule has 1 aromatic carbocycles. The van der Waals surface area contributed by atoms with Crippen LogP contribution in [0.25, 0.3) is 0 Å². The van der Waals surface area contributed by atoms with Crippen LogP contribution in [0.4, 0.5) is 9.18 Å². The zero-order valence-electron chi connectivity index (χ0n) is 12.2. The number of nitrogens with zero attached hydrogens (tertiary/aromatic N) is 1. The SMILES string of the molecule is Cc1nc(CCNC(=O)NC[C@@H](O)c2ccccc2F)cs1. The first-order chi connectivity index (χ1) is 10.6. The summed E-state index contributed by atoms with van der Waals surface area (Å²) < 4.78 is 13.5. The molecule has 0 fully saturated rings. The van der Waals surface area contributed by atoms with Crippen molar-refractivity contribution < 1.29 is 14.3 Å². The summed E-state index contributed by atoms with van der Waals surface area (Å²) in [6, 6.07) is 5.55. The standard InChI is InChI=1S/C15H18FN3O2S/c1-10-19-11(9-22-10)6-7-17-15(21)18-8-14(20)12-4-2-3-5-13(12)16/h2-5,9,14,20H,6-8H2,1H3,(H2,17,18,21)/t14-/m1/s1. The number of thiazole rings is 1. The van der Waals surface area contributed by atoms with Crippen molar-refractivity contribution in [3.05, 3.63) is 51.7 Å². The summed E-state index contributed by atoms with van der Waals surface area (Å²) in [7, 11) is 0. The molecule has 5 nitrogen and oxygen atoms in total. The first-order valence-electron chi connectivity index (χ1n) is 6.91. The van der Waals surface area contributed by atoms with Crippen molar-refractivity contribution in [1.82, 2.24) is 15.6 Å². The Labute approximate surface area is 132 Å². The number of urea groups is 1. The van der Waals surface area contributed by atoms with Crippen LogP contribution in [0.5, 0.6) is 0 Å². The summed E-state index contributed by atoms with van der Waals surface area (Å²) in [5, 5.41) is 18.0. The fourth-order valence-electron chi connectivity index (χ4n) is 1.93. The van der Waals surface area contributed by atoms with E-state index in [1.807, 2.05) is 12.3 Å². The van der Waals surface area contributed by atoms with E-state index in [9.17, 15) is 14.3 Å². The molecule has 0 aliphatic rings. The van der Waals surface area contributed by atoms with Crippen LogP contribution in [0, 0.1) is 12.7 Å². The Morgan fingerprint density at radius 1 is 1.41 bits per heavy atom. The Morgan fingerprint density at radius 2 is 2.18 bits per heavy atom. The predicted octanol–water partition coefficient (Wildman–Crippen LogP) is 2.17. The smallest absolute Gasteiger partial charge is 0.314 e. The number of hydrogen-bond donors (Lipinski definition) is 3. The number of aryl methyl sites for hydroxylation is 1. The lowest BCUT2D eigenvalue weighted by Crippen LogP contribution is -2.38. The van der Waals surface area contributed by atoms with Crippen molar-refractivity contribution in [2.75, 3.05) is 13.1 Å². The Balaban J connectivity index is 1.70. The highest BCUT2D eigenvalue weighted by Crippen LogP contribution is 2.15. The number of carbonyl (C=O) groups is 1. The summed E-state index contributed by atoms with van der Waals surface area (Å²) >= 11 is 1.57. The van der Waals surface area contributed by atoms with Gasteiger partial charge in [-0.1, -0.05) is 18.2 Å². The summed E-state index contributed by atoms with van der Waals surface area (Å²) in [6.45, 7) is 2.33. The van der Waals surface area contributed by atoms with Crippen molar-refractivity contribution in [1.29, 1.82) is 0 Å². The molecule has 118 valence electrons. The highest BCUT2D eigenvalue weighted by Gasteiger charge is 2.13. The van der Waals surface area contributed by atoms with E-state index in [-0.39, 0.29) is 12.1 Å². The van der Waals surface area contributed by atoms with E-state index >= 15 is 0 Å². The molecule has 0 aliphatic carbocycles. The lowest BCUT2D eigenvalue weighted by atomic mass is 10.1. The molecule has 0 unspecified atom stereocenters. The van der Waals surface area contributed by atoms with Crippen molar-refractivity contribution in [3.8, 4) is 0 Å². The second-order valence-electron chi connectivity index (χ2n) is 4.78. The summed E-state index contributed by atoms with van der Waals surface area (Å²) in [6.07, 6.45) is -0.429. The molecule has 7 heteroatoms. The van der Waals surface area contributed by atoms with Gasteiger partial charge in [-0.05, 0) is 13.0 Å². The lowest BCUT2D eigenvalue weighted by molar-refractivity contribution is 0.169. The summed E-state index contributed by atoms with van der Waals surface area (Å²) in [5.74, 6) is -0.490. The molecule has 1 heterocycles. The molecule has 3 N–H and O–H groups in total. The quantitative estimate of drug-likeness (QED) is 0.763. The fourth-order valence-corrected chi connectivity index (χ4v) is 2.58. The van der Waals surface area contributed by atoms with Crippen LogP contribution >= 0.6 is 11.3 Å². The van der Waals surface area contributed by atoms with E-state index in [1.165, 1.54) is 12.1 Å². The second-order valence-corrected chi connectivity index (χ2v) is 5.84. The first kappa shape index (κ1) is 16.4. The molecule has 2 aromatic rings. The molecule has 2 rings (SSSR count). The number of aliphatic hydroxyl groups is 1. The number of hydrogen-bond acceptors (Lipinski definition) is 4. The summed E-state index contributed by atoms with van der Waals surface area (Å²) in [4.78, 5) is 15.9. The zero-order chi connectivity index (χ0) is 15.9. The Hall–Kier alpha value is -1.99. The molecule has 2 amide bonds. The minimum absolute atomic E-state index is 0.0530. The maximum Gasteiger partial charge on any atom is 0.314 e. The van der Waals surface area contributed by atoms with E-state index in [0.29, 0.717) is 13.0 Å². The van der Waals surface area contributed by atoms with Gasteiger partial charge in [-0.2, -0.15) is 0 Å². The Bertz CT molecular complexity index is 633. The molecule has 0 spiro atoms. The van der Waals surface area contributed by atoms with Gasteiger partial charge in [-0.15, -0.1) is 11.3 Å².